The van der Waals surface area contributed by atoms with Crippen LogP contribution in [0.5, 0.6) is 0 Å². The number of rotatable bonds is 2. The molecule has 0 fully saturated rings. The topological polar surface area (TPSA) is 74.3 Å². The van der Waals surface area contributed by atoms with E-state index in [2.05, 4.69) is 94.7 Å². The number of benzene rings is 6. The predicted molar refractivity (Wildman–Crippen MR) is 202 cm³/mol. The van der Waals surface area contributed by atoms with Crippen molar-refractivity contribution in [2.24, 2.45) is 0 Å². The number of allylic oxidation sites excluding steroid dienone is 3. The third kappa shape index (κ3) is 3.55. The van der Waals surface area contributed by atoms with Gasteiger partial charge in [-0.15, -0.1) is 0 Å². The van der Waals surface area contributed by atoms with E-state index >= 15 is 0 Å². The average molecular weight is 647 g/mol. The molecule has 240 valence electrons. The molecule has 0 radical (unpaired) electrons. The van der Waals surface area contributed by atoms with Crippen LogP contribution in [0.25, 0.3) is 48.7 Å². The lowest BCUT2D eigenvalue weighted by Crippen LogP contribution is -2.35. The van der Waals surface area contributed by atoms with Crippen molar-refractivity contribution in [2.45, 2.75) is 44.4 Å². The number of nitrogens with zero attached hydrogens (tertiary/aromatic N) is 4. The molecule has 6 aromatic carbocycles. The van der Waals surface area contributed by atoms with Crippen LogP contribution in [-0.4, -0.2) is 31.3 Å². The Bertz CT molecular complexity index is 2700. The van der Waals surface area contributed by atoms with Crippen molar-refractivity contribution in [2.75, 3.05) is 36.0 Å². The molecule has 0 saturated carbocycles. The minimum absolute atomic E-state index is 0.0870. The molecular weight excluding hydrogens is 613 g/mol. The maximum absolute atomic E-state index is 12.5. The maximum atomic E-state index is 12.5. The molecule has 11 rings (SSSR count). The Hall–Kier alpha value is -5.78. The first kappa shape index (κ1) is 28.1. The van der Waals surface area contributed by atoms with Gasteiger partial charge in [0.05, 0.1) is 5.92 Å². The van der Waals surface area contributed by atoms with Gasteiger partial charge in [-0.3, -0.25) is 0 Å². The number of aliphatic hydroxyl groups excluding tert-OH is 1. The van der Waals surface area contributed by atoms with Crippen LogP contribution in [0.4, 0.5) is 11.4 Å². The fraction of sp³-hybridized carbons (Fsp3) is 0.244. The first-order valence-corrected chi connectivity index (χ1v) is 18.1. The van der Waals surface area contributed by atoms with Crippen LogP contribution in [-0.2, 0) is 25.7 Å². The van der Waals surface area contributed by atoms with E-state index in [1.807, 2.05) is 0 Å². The molecule has 5 aliphatic rings. The van der Waals surface area contributed by atoms with Gasteiger partial charge in [-0.1, -0.05) is 54.6 Å². The van der Waals surface area contributed by atoms with Gasteiger partial charge in [0.1, 0.15) is 23.5 Å². The normalized spacial score (nSPS) is 18.8. The highest BCUT2D eigenvalue weighted by Gasteiger charge is 2.43. The number of aryl methyl sites for hydroxylation is 2. The van der Waals surface area contributed by atoms with Gasteiger partial charge in [0.15, 0.2) is 0 Å². The van der Waals surface area contributed by atoms with Crippen LogP contribution in [0, 0.1) is 22.7 Å². The molecular formula is C45H34N4O. The summed E-state index contributed by atoms with van der Waals surface area (Å²) >= 11 is 0. The molecule has 5 heteroatoms. The molecule has 1 aliphatic carbocycles. The standard InChI is InChI=1S/C45H34N4O/c46-23-29(24-47)38-41(36-21-27-9-5-15-48-17-13-32-30-11-3-1-7-25(30)19-34(36)39(32)43(27)48)45(50)42(38)37-22-28-10-6-16-49-18-14-33-31-12-4-2-8-26(31)20-35(37)40(33)44(28)49/h1-4,7-8,11-12,19-22,41,50H,5-6,9-10,13-18H2. The van der Waals surface area contributed by atoms with E-state index in [1.165, 1.54) is 65.9 Å². The van der Waals surface area contributed by atoms with E-state index < -0.39 is 5.92 Å². The average Bonchev–Trinajstić information content (AvgIpc) is 3.16. The molecule has 4 heterocycles. The Morgan fingerprint density at radius 2 is 1.20 bits per heavy atom. The first-order valence-electron chi connectivity index (χ1n) is 18.1. The van der Waals surface area contributed by atoms with Crippen LogP contribution >= 0.6 is 0 Å². The number of fused-ring (bicyclic) bond motifs is 4. The monoisotopic (exact) mass is 646 g/mol. The highest BCUT2D eigenvalue weighted by molar-refractivity contribution is 6.16. The molecule has 6 aromatic rings. The van der Waals surface area contributed by atoms with Gasteiger partial charge in [0.2, 0.25) is 0 Å². The fourth-order valence-corrected chi connectivity index (χ4v) is 10.4. The fourth-order valence-electron chi connectivity index (χ4n) is 10.4. The summed E-state index contributed by atoms with van der Waals surface area (Å²) in [5, 5.41) is 43.3. The molecule has 50 heavy (non-hydrogen) atoms. The number of hydrogen-bond acceptors (Lipinski definition) is 5. The second-order valence-electron chi connectivity index (χ2n) is 14.8. The number of aliphatic hydroxyl groups is 1. The molecule has 4 aliphatic heterocycles. The van der Waals surface area contributed by atoms with E-state index in [9.17, 15) is 15.6 Å². The SMILES string of the molecule is N#CC(C#N)=C1C(c2cc3c4c5c(c6ccccc6cc25)CCN4CCC3)=C(O)C1c1cc2c3c4c(c5ccccc5cc14)CCN3CCC2. The Morgan fingerprint density at radius 1 is 0.640 bits per heavy atom. The minimum Gasteiger partial charge on any atom is -0.511 e. The Morgan fingerprint density at radius 3 is 1.82 bits per heavy atom. The third-order valence-electron chi connectivity index (χ3n) is 12.5. The van der Waals surface area contributed by atoms with Gasteiger partial charge in [0, 0.05) is 59.5 Å². The van der Waals surface area contributed by atoms with Crippen LogP contribution in [0.3, 0.4) is 0 Å². The van der Waals surface area contributed by atoms with Gasteiger partial charge < -0.3 is 14.9 Å². The molecule has 0 saturated heterocycles. The van der Waals surface area contributed by atoms with E-state index in [0.717, 1.165) is 86.6 Å². The highest BCUT2D eigenvalue weighted by atomic mass is 16.3. The summed E-state index contributed by atoms with van der Waals surface area (Å²) in [6.07, 6.45) is 6.09. The summed E-state index contributed by atoms with van der Waals surface area (Å²) in [6, 6.07) is 31.0. The summed E-state index contributed by atoms with van der Waals surface area (Å²) in [5.41, 5.74) is 11.4. The van der Waals surface area contributed by atoms with Crippen molar-refractivity contribution in [3.05, 3.63) is 123 Å². The van der Waals surface area contributed by atoms with Crippen molar-refractivity contribution in [3.63, 3.8) is 0 Å². The lowest BCUT2D eigenvalue weighted by molar-refractivity contribution is 0.370. The highest BCUT2D eigenvalue weighted by Crippen LogP contribution is 2.58. The molecule has 1 atom stereocenters. The Balaban J connectivity index is 1.23. The van der Waals surface area contributed by atoms with Crippen LogP contribution < -0.4 is 9.80 Å². The summed E-state index contributed by atoms with van der Waals surface area (Å²) < 4.78 is 0. The van der Waals surface area contributed by atoms with Gasteiger partial charge >= 0.3 is 0 Å². The quantitative estimate of drug-likeness (QED) is 0.150. The van der Waals surface area contributed by atoms with Crippen molar-refractivity contribution < 1.29 is 5.11 Å². The molecule has 1 N–H and O–H groups in total. The summed E-state index contributed by atoms with van der Waals surface area (Å²) in [7, 11) is 0. The Kier molecular flexibility index (Phi) is 5.69. The van der Waals surface area contributed by atoms with E-state index in [4.69, 9.17) is 0 Å². The summed E-state index contributed by atoms with van der Waals surface area (Å²) in [5.74, 6) is -0.282. The second-order valence-corrected chi connectivity index (χ2v) is 14.8. The van der Waals surface area contributed by atoms with Crippen LogP contribution in [0.15, 0.2) is 89.7 Å². The van der Waals surface area contributed by atoms with Crippen molar-refractivity contribution in [3.8, 4) is 12.1 Å². The van der Waals surface area contributed by atoms with E-state index in [0.29, 0.717) is 11.1 Å². The zero-order valence-electron chi connectivity index (χ0n) is 27.8. The van der Waals surface area contributed by atoms with Gasteiger partial charge in [-0.25, -0.2) is 0 Å². The van der Waals surface area contributed by atoms with E-state index in [1.54, 1.807) is 0 Å². The lowest BCUT2D eigenvalue weighted by Gasteiger charge is -2.41. The molecule has 0 spiro atoms. The summed E-state index contributed by atoms with van der Waals surface area (Å²) in [6.45, 7) is 4.14. The number of nitriles is 2. The largest absolute Gasteiger partial charge is 0.511 e. The minimum atomic E-state index is -0.550. The van der Waals surface area contributed by atoms with Crippen molar-refractivity contribution in [1.82, 2.24) is 0 Å². The zero-order chi connectivity index (χ0) is 33.2. The van der Waals surface area contributed by atoms with Crippen LogP contribution in [0.2, 0.25) is 0 Å². The molecule has 1 unspecified atom stereocenters. The number of anilines is 2. The Labute approximate surface area is 290 Å². The van der Waals surface area contributed by atoms with Crippen LogP contribution in [0.1, 0.15) is 52.1 Å². The molecule has 0 aromatic heterocycles. The van der Waals surface area contributed by atoms with Gasteiger partial charge in [-0.2, -0.15) is 10.5 Å². The van der Waals surface area contributed by atoms with Gasteiger partial charge in [0.25, 0.3) is 0 Å². The molecule has 0 amide bonds. The maximum Gasteiger partial charge on any atom is 0.134 e. The van der Waals surface area contributed by atoms with Crippen molar-refractivity contribution in [1.29, 1.82) is 10.5 Å². The molecule has 5 nitrogen and oxygen atoms in total. The summed E-state index contributed by atoms with van der Waals surface area (Å²) in [4.78, 5) is 5.10. The predicted octanol–water partition coefficient (Wildman–Crippen LogP) is 9.33. The zero-order valence-corrected chi connectivity index (χ0v) is 27.8. The van der Waals surface area contributed by atoms with Crippen molar-refractivity contribution >= 4 is 60.0 Å². The smallest absolute Gasteiger partial charge is 0.134 e. The number of hydrogen-bond donors (Lipinski definition) is 1. The second kappa shape index (κ2) is 10.1. The van der Waals surface area contributed by atoms with Gasteiger partial charge in [-0.05, 0) is 122 Å². The van der Waals surface area contributed by atoms with E-state index in [-0.39, 0.29) is 11.3 Å². The first-order chi connectivity index (χ1) is 24.6. The third-order valence-corrected chi connectivity index (χ3v) is 12.5. The lowest BCUT2D eigenvalue weighted by atomic mass is 9.66. The molecule has 0 bridgehead atoms.